The molecule has 0 atom stereocenters. The van der Waals surface area contributed by atoms with Gasteiger partial charge in [-0.15, -0.1) is 12.4 Å². The van der Waals surface area contributed by atoms with Crippen molar-refractivity contribution in [1.82, 2.24) is 19.7 Å². The summed E-state index contributed by atoms with van der Waals surface area (Å²) in [6, 6.07) is 3.59. The highest BCUT2D eigenvalue weighted by Crippen LogP contribution is 2.00. The Kier molecular flexibility index (Phi) is 3.43. The molecular weight excluding hydrogens is 274 g/mol. The third kappa shape index (κ3) is 2.25. The molecule has 8 nitrogen and oxygen atoms in total. The number of aromatic nitrogens is 5. The van der Waals surface area contributed by atoms with Crippen LogP contribution in [-0.4, -0.2) is 19.7 Å². The molecule has 3 aromatic heterocycles. The summed E-state index contributed by atoms with van der Waals surface area (Å²) in [5.41, 5.74) is 0.119. The monoisotopic (exact) mass is 281 g/mol. The normalized spacial score (nSPS) is 10.3. The van der Waals surface area contributed by atoms with E-state index in [-0.39, 0.29) is 35.0 Å². The Morgan fingerprint density at radius 3 is 3.05 bits per heavy atom. The van der Waals surface area contributed by atoms with E-state index in [2.05, 4.69) is 19.8 Å². The van der Waals surface area contributed by atoms with Crippen LogP contribution < -0.4 is 10.5 Å². The van der Waals surface area contributed by atoms with Crippen LogP contribution in [0.2, 0.25) is 0 Å². The Labute approximate surface area is 112 Å². The molecule has 0 bridgehead atoms. The summed E-state index contributed by atoms with van der Waals surface area (Å²) in [5, 5.41) is 14.6. The van der Waals surface area contributed by atoms with Crippen LogP contribution in [0.15, 0.2) is 40.3 Å². The quantitative estimate of drug-likeness (QED) is 0.607. The molecule has 98 valence electrons. The molecule has 0 unspecified atom stereocenters. The lowest BCUT2D eigenvalue weighted by Gasteiger charge is -2.02. The van der Waals surface area contributed by atoms with Gasteiger partial charge in [0.25, 0.3) is 0 Å². The van der Waals surface area contributed by atoms with Crippen molar-refractivity contribution in [2.24, 2.45) is 0 Å². The molecule has 0 aromatic carbocycles. The Hall–Kier alpha value is -2.48. The lowest BCUT2D eigenvalue weighted by atomic mass is 10.3. The summed E-state index contributed by atoms with van der Waals surface area (Å²) in [6.07, 6.45) is 4.59. The molecule has 0 N–H and O–H groups in total. The minimum Gasteiger partial charge on any atom is -0.359 e. The summed E-state index contributed by atoms with van der Waals surface area (Å²) in [4.78, 5) is 19.9. The fourth-order valence-corrected chi connectivity index (χ4v) is 1.61. The van der Waals surface area contributed by atoms with E-state index in [9.17, 15) is 10.0 Å². The average Bonchev–Trinajstić information content (AvgIpc) is 2.77. The van der Waals surface area contributed by atoms with Crippen LogP contribution in [0.1, 0.15) is 5.56 Å². The zero-order valence-corrected chi connectivity index (χ0v) is 10.3. The summed E-state index contributed by atoms with van der Waals surface area (Å²) < 4.78 is 5.62. The Balaban J connectivity index is 0.00000133. The maximum Gasteiger partial charge on any atom is 0.347 e. The molecule has 0 radical (unpaired) electrons. The van der Waals surface area contributed by atoms with Gasteiger partial charge < -0.3 is 5.21 Å². The van der Waals surface area contributed by atoms with Gasteiger partial charge in [-0.25, -0.2) is 0 Å². The van der Waals surface area contributed by atoms with Crippen LogP contribution in [0, 0.1) is 5.21 Å². The van der Waals surface area contributed by atoms with E-state index in [1.54, 1.807) is 18.5 Å². The Bertz CT molecular complexity index is 755. The van der Waals surface area contributed by atoms with E-state index in [0.29, 0.717) is 0 Å². The van der Waals surface area contributed by atoms with E-state index < -0.39 is 5.56 Å². The molecular formula is C10H8ClN5O3. The molecule has 0 fully saturated rings. The predicted octanol–water partition coefficient (Wildman–Crippen LogP) is -0.117. The van der Waals surface area contributed by atoms with Gasteiger partial charge in [-0.1, -0.05) is 6.07 Å². The van der Waals surface area contributed by atoms with Gasteiger partial charge in [0.1, 0.15) is 6.33 Å². The summed E-state index contributed by atoms with van der Waals surface area (Å²) in [6.45, 7) is 0.279. The number of pyridine rings is 1. The maximum atomic E-state index is 12.0. The van der Waals surface area contributed by atoms with Crippen molar-refractivity contribution in [2.75, 3.05) is 0 Å². The minimum atomic E-state index is -0.500. The largest absolute Gasteiger partial charge is 0.359 e. The van der Waals surface area contributed by atoms with Crippen molar-refractivity contribution in [3.05, 3.63) is 52.0 Å². The summed E-state index contributed by atoms with van der Waals surface area (Å²) in [7, 11) is 0. The predicted molar refractivity (Wildman–Crippen MR) is 65.6 cm³/mol. The third-order valence-electron chi connectivity index (χ3n) is 2.45. The van der Waals surface area contributed by atoms with E-state index >= 15 is 0 Å². The molecule has 9 heteroatoms. The van der Waals surface area contributed by atoms with E-state index in [1.807, 2.05) is 6.07 Å². The number of halogens is 1. The fourth-order valence-electron chi connectivity index (χ4n) is 1.61. The molecule has 19 heavy (non-hydrogen) atoms. The Morgan fingerprint density at radius 2 is 2.32 bits per heavy atom. The van der Waals surface area contributed by atoms with Crippen molar-refractivity contribution >= 4 is 23.6 Å². The molecule has 3 aromatic rings. The number of fused-ring (bicyclic) bond motifs is 1. The van der Waals surface area contributed by atoms with Crippen molar-refractivity contribution in [2.45, 2.75) is 6.54 Å². The maximum absolute atomic E-state index is 12.0. The first-order valence-electron chi connectivity index (χ1n) is 5.09. The first-order valence-corrected chi connectivity index (χ1v) is 5.09. The van der Waals surface area contributed by atoms with Crippen molar-refractivity contribution in [3.63, 3.8) is 0 Å². The van der Waals surface area contributed by atoms with E-state index in [0.717, 1.165) is 5.56 Å². The molecule has 0 saturated carbocycles. The second-order valence-electron chi connectivity index (χ2n) is 3.64. The van der Waals surface area contributed by atoms with Crippen LogP contribution in [0.5, 0.6) is 0 Å². The van der Waals surface area contributed by atoms with Gasteiger partial charge in [0.15, 0.2) is 0 Å². The lowest BCUT2D eigenvalue weighted by molar-refractivity contribution is -0.782. The van der Waals surface area contributed by atoms with Crippen molar-refractivity contribution in [3.8, 4) is 0 Å². The highest BCUT2D eigenvalue weighted by atomic mass is 35.5. The Morgan fingerprint density at radius 1 is 1.47 bits per heavy atom. The van der Waals surface area contributed by atoms with Crippen LogP contribution in [0.4, 0.5) is 0 Å². The van der Waals surface area contributed by atoms with E-state index in [4.69, 9.17) is 0 Å². The van der Waals surface area contributed by atoms with Gasteiger partial charge in [0.05, 0.1) is 11.7 Å². The SMILES string of the molecule is Cl.O=c1c2c(ncn1Cc1cccnc1)no[n+]2[O-]. The highest BCUT2D eigenvalue weighted by molar-refractivity contribution is 5.85. The zero-order valence-electron chi connectivity index (χ0n) is 9.46. The first-order chi connectivity index (χ1) is 8.75. The van der Waals surface area contributed by atoms with Gasteiger partial charge in [-0.2, -0.15) is 4.98 Å². The van der Waals surface area contributed by atoms with Crippen LogP contribution in [0.3, 0.4) is 0 Å². The smallest absolute Gasteiger partial charge is 0.347 e. The molecule has 0 aliphatic rings. The second kappa shape index (κ2) is 5.02. The fraction of sp³-hybridized carbons (Fsp3) is 0.100. The topological polar surface area (TPSA) is 101 Å². The van der Waals surface area contributed by atoms with Crippen molar-refractivity contribution < 1.29 is 9.53 Å². The van der Waals surface area contributed by atoms with Crippen LogP contribution in [0.25, 0.3) is 11.2 Å². The van der Waals surface area contributed by atoms with Gasteiger partial charge >= 0.3 is 16.7 Å². The molecule has 0 aliphatic heterocycles. The lowest BCUT2D eigenvalue weighted by Crippen LogP contribution is -2.33. The van der Waals surface area contributed by atoms with Gasteiger partial charge in [0.2, 0.25) is 0 Å². The van der Waals surface area contributed by atoms with E-state index in [1.165, 1.54) is 10.9 Å². The van der Waals surface area contributed by atoms with Gasteiger partial charge in [-0.3, -0.25) is 19.0 Å². The van der Waals surface area contributed by atoms with Crippen molar-refractivity contribution in [1.29, 1.82) is 0 Å². The second-order valence-corrected chi connectivity index (χ2v) is 3.64. The standard InChI is InChI=1S/C10H7N5O3.ClH/c16-10-8-9(13-18-15(8)17)12-6-14(10)5-7-2-1-3-11-4-7;/h1-4,6H,5H2;1H. The number of rotatable bonds is 2. The van der Waals surface area contributed by atoms with Crippen LogP contribution in [-0.2, 0) is 6.54 Å². The third-order valence-corrected chi connectivity index (χ3v) is 2.45. The van der Waals surface area contributed by atoms with Gasteiger partial charge in [-0.05, 0) is 16.5 Å². The molecule has 3 rings (SSSR count). The van der Waals surface area contributed by atoms with Crippen LogP contribution >= 0.6 is 12.4 Å². The zero-order chi connectivity index (χ0) is 12.5. The number of hydrogen-bond acceptors (Lipinski definition) is 6. The molecule has 3 heterocycles. The summed E-state index contributed by atoms with van der Waals surface area (Å²) >= 11 is 0. The average molecular weight is 282 g/mol. The summed E-state index contributed by atoms with van der Waals surface area (Å²) in [5.74, 6) is 0. The molecule has 0 aliphatic carbocycles. The molecule has 0 amide bonds. The number of hydrogen-bond donors (Lipinski definition) is 0. The first kappa shape index (κ1) is 13.0. The minimum absolute atomic E-state index is 0. The number of nitrogens with zero attached hydrogens (tertiary/aromatic N) is 5. The highest BCUT2D eigenvalue weighted by Gasteiger charge is 2.17. The molecule has 0 saturated heterocycles. The van der Waals surface area contributed by atoms with Gasteiger partial charge in [0, 0.05) is 12.4 Å². The molecule has 0 spiro atoms.